The standard InChI is InChI=1S/C23H20N2O3/c1-3-8-19-20(23(26)27)21(16-9-6-5-7-10-16)25-22(24-19)17-11-13-18(14-12-17)28-15-4-2/h3-7,9-14H,1-2,8,15H2,(H,26,27). The van der Waals surface area contributed by atoms with Crippen LogP contribution in [0.1, 0.15) is 16.1 Å². The van der Waals surface area contributed by atoms with Crippen molar-refractivity contribution in [3.8, 4) is 28.4 Å². The molecule has 0 aliphatic carbocycles. The third-order valence-electron chi connectivity index (χ3n) is 4.06. The van der Waals surface area contributed by atoms with E-state index < -0.39 is 5.97 Å². The Balaban J connectivity index is 2.14. The topological polar surface area (TPSA) is 72.3 Å². The number of ether oxygens (including phenoxy) is 1. The molecule has 28 heavy (non-hydrogen) atoms. The molecule has 0 radical (unpaired) electrons. The van der Waals surface area contributed by atoms with Crippen molar-refractivity contribution in [1.82, 2.24) is 9.97 Å². The van der Waals surface area contributed by atoms with Crippen LogP contribution in [0.2, 0.25) is 0 Å². The molecule has 0 bridgehead atoms. The lowest BCUT2D eigenvalue weighted by molar-refractivity contribution is 0.0696. The Hall–Kier alpha value is -3.73. The van der Waals surface area contributed by atoms with Crippen LogP contribution in [0, 0.1) is 0 Å². The number of aromatic carboxylic acids is 1. The first-order valence-electron chi connectivity index (χ1n) is 8.78. The highest BCUT2D eigenvalue weighted by molar-refractivity contribution is 5.96. The molecule has 0 unspecified atom stereocenters. The van der Waals surface area contributed by atoms with Gasteiger partial charge in [0, 0.05) is 17.5 Å². The molecule has 0 saturated heterocycles. The van der Waals surface area contributed by atoms with Gasteiger partial charge in [-0.05, 0) is 24.3 Å². The average molecular weight is 372 g/mol. The van der Waals surface area contributed by atoms with E-state index in [1.54, 1.807) is 12.2 Å². The molecule has 3 rings (SSSR count). The van der Waals surface area contributed by atoms with Gasteiger partial charge in [-0.2, -0.15) is 0 Å². The van der Waals surface area contributed by atoms with Crippen LogP contribution in [-0.4, -0.2) is 27.7 Å². The van der Waals surface area contributed by atoms with Crippen molar-refractivity contribution in [3.63, 3.8) is 0 Å². The first-order valence-corrected chi connectivity index (χ1v) is 8.78. The van der Waals surface area contributed by atoms with Crippen LogP contribution in [0.5, 0.6) is 5.75 Å². The van der Waals surface area contributed by atoms with E-state index in [0.29, 0.717) is 36.0 Å². The zero-order valence-electron chi connectivity index (χ0n) is 15.3. The van der Waals surface area contributed by atoms with Crippen LogP contribution in [-0.2, 0) is 6.42 Å². The van der Waals surface area contributed by atoms with Gasteiger partial charge < -0.3 is 9.84 Å². The molecule has 1 N–H and O–H groups in total. The van der Waals surface area contributed by atoms with Gasteiger partial charge >= 0.3 is 5.97 Å². The zero-order chi connectivity index (χ0) is 19.9. The number of carboxylic acid groups (broad SMARTS) is 1. The van der Waals surface area contributed by atoms with Crippen molar-refractivity contribution < 1.29 is 14.6 Å². The minimum Gasteiger partial charge on any atom is -0.490 e. The minimum atomic E-state index is -1.06. The summed E-state index contributed by atoms with van der Waals surface area (Å²) in [7, 11) is 0. The molecule has 0 saturated carbocycles. The Labute approximate surface area is 163 Å². The maximum absolute atomic E-state index is 11.9. The van der Waals surface area contributed by atoms with Crippen LogP contribution in [0.3, 0.4) is 0 Å². The van der Waals surface area contributed by atoms with E-state index in [1.165, 1.54) is 0 Å². The number of hydrogen-bond acceptors (Lipinski definition) is 4. The third kappa shape index (κ3) is 4.15. The van der Waals surface area contributed by atoms with Gasteiger partial charge in [-0.1, -0.05) is 49.1 Å². The van der Waals surface area contributed by atoms with Crippen molar-refractivity contribution in [2.45, 2.75) is 6.42 Å². The van der Waals surface area contributed by atoms with E-state index in [9.17, 15) is 9.90 Å². The summed E-state index contributed by atoms with van der Waals surface area (Å²) in [6, 6.07) is 16.6. The van der Waals surface area contributed by atoms with Crippen molar-refractivity contribution in [1.29, 1.82) is 0 Å². The lowest BCUT2D eigenvalue weighted by Gasteiger charge is -2.13. The fraction of sp³-hybridized carbons (Fsp3) is 0.0870. The Bertz CT molecular complexity index is 996. The first kappa shape index (κ1) is 19.0. The molecule has 3 aromatic rings. The number of carbonyl (C=O) groups is 1. The molecule has 0 fully saturated rings. The number of nitrogens with zero attached hydrogens (tertiary/aromatic N) is 2. The molecule has 0 aliphatic rings. The van der Waals surface area contributed by atoms with Crippen LogP contribution in [0.25, 0.3) is 22.6 Å². The normalized spacial score (nSPS) is 10.3. The molecule has 5 nitrogen and oxygen atoms in total. The largest absolute Gasteiger partial charge is 0.490 e. The van der Waals surface area contributed by atoms with Crippen LogP contribution in [0.15, 0.2) is 79.9 Å². The van der Waals surface area contributed by atoms with Gasteiger partial charge in [0.05, 0.1) is 11.4 Å². The molecule has 140 valence electrons. The average Bonchev–Trinajstić information content (AvgIpc) is 2.72. The van der Waals surface area contributed by atoms with Gasteiger partial charge in [-0.15, -0.1) is 6.58 Å². The Morgan fingerprint density at radius 1 is 0.964 bits per heavy atom. The number of carboxylic acids is 1. The van der Waals surface area contributed by atoms with Crippen LogP contribution < -0.4 is 4.74 Å². The Kier molecular flexibility index (Phi) is 5.97. The number of allylic oxidation sites excluding steroid dienone is 1. The van der Waals surface area contributed by atoms with Crippen LogP contribution in [0.4, 0.5) is 0 Å². The summed E-state index contributed by atoms with van der Waals surface area (Å²) in [4.78, 5) is 21.0. The highest BCUT2D eigenvalue weighted by Crippen LogP contribution is 2.28. The second kappa shape index (κ2) is 8.77. The summed E-state index contributed by atoms with van der Waals surface area (Å²) < 4.78 is 5.50. The molecule has 0 aliphatic heterocycles. The molecule has 1 heterocycles. The van der Waals surface area contributed by atoms with Crippen LogP contribution >= 0.6 is 0 Å². The highest BCUT2D eigenvalue weighted by Gasteiger charge is 2.21. The van der Waals surface area contributed by atoms with Crippen molar-refractivity contribution >= 4 is 5.97 Å². The van der Waals surface area contributed by atoms with Gasteiger partial charge in [0.1, 0.15) is 17.9 Å². The SMILES string of the molecule is C=CCOc1ccc(-c2nc(CC=C)c(C(=O)O)c(-c3ccccc3)n2)cc1. The summed E-state index contributed by atoms with van der Waals surface area (Å²) in [5, 5.41) is 9.78. The molecule has 0 spiro atoms. The first-order chi connectivity index (χ1) is 13.6. The smallest absolute Gasteiger partial charge is 0.339 e. The summed E-state index contributed by atoms with van der Waals surface area (Å²) >= 11 is 0. The van der Waals surface area contributed by atoms with Crippen molar-refractivity contribution in [2.75, 3.05) is 6.61 Å². The van der Waals surface area contributed by atoms with E-state index in [2.05, 4.69) is 23.1 Å². The predicted octanol–water partition coefficient (Wildman–Crippen LogP) is 4.80. The second-order valence-electron chi connectivity index (χ2n) is 6.01. The van der Waals surface area contributed by atoms with E-state index in [-0.39, 0.29) is 5.56 Å². The molecule has 0 amide bonds. The van der Waals surface area contributed by atoms with E-state index in [1.807, 2.05) is 54.6 Å². The molecular weight excluding hydrogens is 352 g/mol. The van der Waals surface area contributed by atoms with E-state index in [0.717, 1.165) is 11.1 Å². The quantitative estimate of drug-likeness (QED) is 0.575. The Morgan fingerprint density at radius 3 is 2.29 bits per heavy atom. The lowest BCUT2D eigenvalue weighted by atomic mass is 10.0. The lowest BCUT2D eigenvalue weighted by Crippen LogP contribution is -2.10. The van der Waals surface area contributed by atoms with Gasteiger partial charge in [0.25, 0.3) is 0 Å². The predicted molar refractivity (Wildman–Crippen MR) is 109 cm³/mol. The highest BCUT2D eigenvalue weighted by atomic mass is 16.5. The summed E-state index contributed by atoms with van der Waals surface area (Å²) in [6.07, 6.45) is 3.65. The van der Waals surface area contributed by atoms with E-state index in [4.69, 9.17) is 4.74 Å². The maximum atomic E-state index is 11.9. The summed E-state index contributed by atoms with van der Waals surface area (Å²) in [6.45, 7) is 7.77. The molecular formula is C23H20N2O3. The number of benzene rings is 2. The second-order valence-corrected chi connectivity index (χ2v) is 6.01. The molecule has 0 atom stereocenters. The Morgan fingerprint density at radius 2 is 1.68 bits per heavy atom. The van der Waals surface area contributed by atoms with Gasteiger partial charge in [-0.25, -0.2) is 14.8 Å². The molecule has 5 heteroatoms. The fourth-order valence-corrected chi connectivity index (χ4v) is 2.81. The monoisotopic (exact) mass is 372 g/mol. The summed E-state index contributed by atoms with van der Waals surface area (Å²) in [5.74, 6) is 0.104. The fourth-order valence-electron chi connectivity index (χ4n) is 2.81. The zero-order valence-corrected chi connectivity index (χ0v) is 15.3. The van der Waals surface area contributed by atoms with Crippen molar-refractivity contribution in [2.24, 2.45) is 0 Å². The number of hydrogen-bond donors (Lipinski definition) is 1. The number of rotatable bonds is 8. The minimum absolute atomic E-state index is 0.0980. The van der Waals surface area contributed by atoms with Gasteiger partial charge in [0.2, 0.25) is 0 Å². The third-order valence-corrected chi connectivity index (χ3v) is 4.06. The van der Waals surface area contributed by atoms with E-state index >= 15 is 0 Å². The van der Waals surface area contributed by atoms with Gasteiger partial charge in [-0.3, -0.25) is 0 Å². The molecule has 2 aromatic carbocycles. The van der Waals surface area contributed by atoms with Gasteiger partial charge in [0.15, 0.2) is 5.82 Å². The number of aromatic nitrogens is 2. The van der Waals surface area contributed by atoms with Crippen molar-refractivity contribution in [3.05, 3.63) is 91.2 Å². The summed E-state index contributed by atoms with van der Waals surface area (Å²) in [5.41, 5.74) is 2.41. The maximum Gasteiger partial charge on any atom is 0.339 e. The molecule has 1 aromatic heterocycles.